The van der Waals surface area contributed by atoms with Gasteiger partial charge in [-0.25, -0.2) is 0 Å². The molecular weight excluding hydrogens is 324 g/mol. The largest absolute Gasteiger partial charge is 0.364 e. The average molecular weight is 346 g/mol. The van der Waals surface area contributed by atoms with Gasteiger partial charge >= 0.3 is 0 Å². The van der Waals surface area contributed by atoms with E-state index >= 15 is 0 Å². The van der Waals surface area contributed by atoms with Crippen molar-refractivity contribution in [3.63, 3.8) is 0 Å². The topological polar surface area (TPSA) is 15.3 Å². The molecule has 106 valence electrons. The van der Waals surface area contributed by atoms with Crippen molar-refractivity contribution in [2.24, 2.45) is 5.92 Å². The van der Waals surface area contributed by atoms with Crippen molar-refractivity contribution < 1.29 is 0 Å². The molecule has 0 saturated carbocycles. The van der Waals surface area contributed by atoms with Gasteiger partial charge in [0.15, 0.2) is 0 Å². The van der Waals surface area contributed by atoms with Crippen LogP contribution in [0.25, 0.3) is 0 Å². The van der Waals surface area contributed by atoms with Gasteiger partial charge in [0.2, 0.25) is 0 Å². The minimum Gasteiger partial charge on any atom is -0.364 e. The maximum atomic E-state index is 6.41. The monoisotopic (exact) mass is 344 g/mol. The van der Waals surface area contributed by atoms with Gasteiger partial charge in [0.1, 0.15) is 0 Å². The van der Waals surface area contributed by atoms with E-state index in [4.69, 9.17) is 11.6 Å². The third-order valence-corrected chi connectivity index (χ3v) is 4.56. The molecule has 0 bridgehead atoms. The average Bonchev–Trinajstić information content (AvgIpc) is 2.30. The second kappa shape index (κ2) is 5.63. The summed E-state index contributed by atoms with van der Waals surface area (Å²) in [6.45, 7) is 11.0. The van der Waals surface area contributed by atoms with Crippen molar-refractivity contribution >= 4 is 33.2 Å². The Bertz CT molecular complexity index is 459. The summed E-state index contributed by atoms with van der Waals surface area (Å²) in [5, 5.41) is 4.45. The molecule has 1 aromatic carbocycles. The number of nitrogens with one attached hydrogen (secondary N) is 1. The smallest absolute Gasteiger partial charge is 0.0640 e. The standard InChI is InChI=1S/C15H22BrClN2/c1-10(2)14-8-18-15(3,4)9-19(14)13-7-11(16)5-6-12(13)17/h5-7,10,14,18H,8-9H2,1-4H3. The van der Waals surface area contributed by atoms with Gasteiger partial charge < -0.3 is 10.2 Å². The highest BCUT2D eigenvalue weighted by atomic mass is 79.9. The lowest BCUT2D eigenvalue weighted by molar-refractivity contribution is 0.277. The second-order valence-corrected chi connectivity index (χ2v) is 7.62. The fraction of sp³-hybridized carbons (Fsp3) is 0.600. The number of nitrogens with zero attached hydrogens (tertiary/aromatic N) is 1. The number of benzene rings is 1. The van der Waals surface area contributed by atoms with E-state index in [1.807, 2.05) is 12.1 Å². The molecule has 4 heteroatoms. The number of rotatable bonds is 2. The fourth-order valence-corrected chi connectivity index (χ4v) is 3.23. The van der Waals surface area contributed by atoms with E-state index in [0.29, 0.717) is 12.0 Å². The van der Waals surface area contributed by atoms with Crippen LogP contribution < -0.4 is 10.2 Å². The summed E-state index contributed by atoms with van der Waals surface area (Å²) in [4.78, 5) is 2.45. The third kappa shape index (κ3) is 3.45. The van der Waals surface area contributed by atoms with Gasteiger partial charge in [-0.15, -0.1) is 0 Å². The van der Waals surface area contributed by atoms with E-state index < -0.39 is 0 Å². The Morgan fingerprint density at radius 1 is 1.42 bits per heavy atom. The van der Waals surface area contributed by atoms with Crippen LogP contribution in [-0.2, 0) is 0 Å². The Labute approximate surface area is 129 Å². The first kappa shape index (κ1) is 15.1. The van der Waals surface area contributed by atoms with Gasteiger partial charge in [-0.3, -0.25) is 0 Å². The summed E-state index contributed by atoms with van der Waals surface area (Å²) in [5.74, 6) is 0.582. The normalized spacial score (nSPS) is 22.9. The number of halogens is 2. The molecule has 0 aliphatic carbocycles. The van der Waals surface area contributed by atoms with Crippen LogP contribution in [-0.4, -0.2) is 24.7 Å². The van der Waals surface area contributed by atoms with Crippen LogP contribution in [0.2, 0.25) is 5.02 Å². The van der Waals surface area contributed by atoms with Crippen LogP contribution in [0.4, 0.5) is 5.69 Å². The molecule has 1 aromatic rings. The van der Waals surface area contributed by atoms with Crippen molar-refractivity contribution in [3.05, 3.63) is 27.7 Å². The summed E-state index contributed by atoms with van der Waals surface area (Å²) >= 11 is 9.96. The van der Waals surface area contributed by atoms with Gasteiger partial charge in [0.05, 0.1) is 10.7 Å². The maximum Gasteiger partial charge on any atom is 0.0640 e. The molecule has 1 fully saturated rings. The van der Waals surface area contributed by atoms with Crippen LogP contribution in [0.3, 0.4) is 0 Å². The molecule has 1 aliphatic rings. The molecule has 0 spiro atoms. The van der Waals surface area contributed by atoms with Gasteiger partial charge in [-0.2, -0.15) is 0 Å². The highest BCUT2D eigenvalue weighted by molar-refractivity contribution is 9.10. The fourth-order valence-electron chi connectivity index (χ4n) is 2.66. The quantitative estimate of drug-likeness (QED) is 0.859. The number of hydrogen-bond acceptors (Lipinski definition) is 2. The molecule has 2 rings (SSSR count). The Morgan fingerprint density at radius 2 is 2.11 bits per heavy atom. The molecular formula is C15H22BrClN2. The Balaban J connectivity index is 2.39. The molecule has 2 nitrogen and oxygen atoms in total. The van der Waals surface area contributed by atoms with Crippen LogP contribution >= 0.6 is 27.5 Å². The zero-order valence-electron chi connectivity index (χ0n) is 12.0. The summed E-state index contributed by atoms with van der Waals surface area (Å²) < 4.78 is 1.07. The maximum absolute atomic E-state index is 6.41. The summed E-state index contributed by atoms with van der Waals surface area (Å²) in [7, 11) is 0. The summed E-state index contributed by atoms with van der Waals surface area (Å²) in [6.07, 6.45) is 0. The molecule has 0 amide bonds. The van der Waals surface area contributed by atoms with Gasteiger partial charge in [-0.05, 0) is 38.0 Å². The van der Waals surface area contributed by atoms with Crippen molar-refractivity contribution in [2.45, 2.75) is 39.3 Å². The molecule has 1 N–H and O–H groups in total. The van der Waals surface area contributed by atoms with E-state index in [1.54, 1.807) is 0 Å². The predicted octanol–water partition coefficient (Wildman–Crippen LogP) is 4.32. The van der Waals surface area contributed by atoms with E-state index in [2.05, 4.69) is 59.9 Å². The summed E-state index contributed by atoms with van der Waals surface area (Å²) in [5.41, 5.74) is 1.24. The molecule has 1 atom stereocenters. The Hall–Kier alpha value is -0.250. The second-order valence-electron chi connectivity index (χ2n) is 6.30. The van der Waals surface area contributed by atoms with E-state index in [0.717, 1.165) is 28.3 Å². The minimum absolute atomic E-state index is 0.108. The number of hydrogen-bond donors (Lipinski definition) is 1. The van der Waals surface area contributed by atoms with Crippen molar-refractivity contribution in [3.8, 4) is 0 Å². The molecule has 1 unspecified atom stereocenters. The van der Waals surface area contributed by atoms with Crippen molar-refractivity contribution in [1.82, 2.24) is 5.32 Å². The van der Waals surface area contributed by atoms with Crippen molar-refractivity contribution in [2.75, 3.05) is 18.0 Å². The Kier molecular flexibility index (Phi) is 4.49. The molecule has 1 saturated heterocycles. The first-order chi connectivity index (χ1) is 8.80. The third-order valence-electron chi connectivity index (χ3n) is 3.74. The minimum atomic E-state index is 0.108. The zero-order chi connectivity index (χ0) is 14.2. The first-order valence-corrected chi connectivity index (χ1v) is 7.94. The highest BCUT2D eigenvalue weighted by Crippen LogP contribution is 2.34. The van der Waals surface area contributed by atoms with Crippen LogP contribution in [0.1, 0.15) is 27.7 Å². The molecule has 1 heterocycles. The highest BCUT2D eigenvalue weighted by Gasteiger charge is 2.34. The van der Waals surface area contributed by atoms with Crippen molar-refractivity contribution in [1.29, 1.82) is 0 Å². The van der Waals surface area contributed by atoms with Crippen LogP contribution in [0, 0.1) is 5.92 Å². The SMILES string of the molecule is CC(C)C1CNC(C)(C)CN1c1cc(Br)ccc1Cl. The molecule has 0 aromatic heterocycles. The lowest BCUT2D eigenvalue weighted by atomic mass is 9.92. The molecule has 1 aliphatic heterocycles. The predicted molar refractivity (Wildman–Crippen MR) is 87.2 cm³/mol. The van der Waals surface area contributed by atoms with Crippen LogP contribution in [0.15, 0.2) is 22.7 Å². The van der Waals surface area contributed by atoms with E-state index in [-0.39, 0.29) is 5.54 Å². The van der Waals surface area contributed by atoms with E-state index in [9.17, 15) is 0 Å². The summed E-state index contributed by atoms with van der Waals surface area (Å²) in [6, 6.07) is 6.55. The van der Waals surface area contributed by atoms with Gasteiger partial charge in [-0.1, -0.05) is 41.4 Å². The molecule has 0 radical (unpaired) electrons. The van der Waals surface area contributed by atoms with Gasteiger partial charge in [0, 0.05) is 29.1 Å². The first-order valence-electron chi connectivity index (χ1n) is 6.77. The number of piperazine rings is 1. The lowest BCUT2D eigenvalue weighted by Crippen LogP contribution is -2.63. The zero-order valence-corrected chi connectivity index (χ0v) is 14.3. The number of anilines is 1. The lowest BCUT2D eigenvalue weighted by Gasteiger charge is -2.47. The Morgan fingerprint density at radius 3 is 2.74 bits per heavy atom. The van der Waals surface area contributed by atoms with Gasteiger partial charge in [0.25, 0.3) is 0 Å². The van der Waals surface area contributed by atoms with Crippen LogP contribution in [0.5, 0.6) is 0 Å². The molecule has 19 heavy (non-hydrogen) atoms. The van der Waals surface area contributed by atoms with E-state index in [1.165, 1.54) is 0 Å².